The lowest BCUT2D eigenvalue weighted by molar-refractivity contribution is -0.870. The maximum Gasteiger partial charge on any atom is 0.268 e. The fourth-order valence-electron chi connectivity index (χ4n) is 7.59. The van der Waals surface area contributed by atoms with Gasteiger partial charge in [0.1, 0.15) is 19.3 Å². The number of phosphoric ester groups is 1. The van der Waals surface area contributed by atoms with Gasteiger partial charge < -0.3 is 34.0 Å². The van der Waals surface area contributed by atoms with Crippen LogP contribution >= 0.6 is 7.82 Å². The van der Waals surface area contributed by atoms with Crippen molar-refractivity contribution in [3.63, 3.8) is 0 Å². The van der Waals surface area contributed by atoms with E-state index in [0.29, 0.717) is 23.9 Å². The lowest BCUT2D eigenvalue weighted by Crippen LogP contribution is -2.51. The Bertz CT molecular complexity index is 1740. The third kappa shape index (κ3) is 54.9. The Morgan fingerprint density at radius 3 is 1.20 bits per heavy atom. The summed E-state index contributed by atoms with van der Waals surface area (Å²) < 4.78 is 23.2. The Labute approximate surface area is 460 Å². The average Bonchev–Trinajstić information content (AvgIpc) is 3.37. The largest absolute Gasteiger partial charge is 0.756 e. The summed E-state index contributed by atoms with van der Waals surface area (Å²) >= 11 is 0. The number of hydrogen-bond acceptors (Lipinski definition) is 7. The van der Waals surface area contributed by atoms with Crippen LogP contribution in [0.4, 0.5) is 0 Å². The summed E-state index contributed by atoms with van der Waals surface area (Å²) in [6.07, 6.45) is 79.2. The summed E-state index contributed by atoms with van der Waals surface area (Å²) in [4.78, 5) is 25.5. The van der Waals surface area contributed by atoms with Crippen molar-refractivity contribution < 1.29 is 38.0 Å². The van der Waals surface area contributed by atoms with Gasteiger partial charge in [-0.1, -0.05) is 237 Å². The lowest BCUT2D eigenvalue weighted by atomic mass is 9.99. The number of carbonyl (C=O) groups is 1. The van der Waals surface area contributed by atoms with Crippen LogP contribution in [0.2, 0.25) is 0 Å². The van der Waals surface area contributed by atoms with Crippen LogP contribution in [0.15, 0.2) is 146 Å². The molecule has 4 atom stereocenters. The SMILES string of the molecule is CC/C=C\C/C=C\C/C=C\C/C=C\C/C=C\C/C=C\C/C=C\C/C=C\C/C=C\C/C=C\C/C=C\C/C=C\CCCCC(=O)NC(COP(=O)([O-])OCC[N+](C)(C)C)C(O)C(O)CCCCCCCCCCCCCC. The molecule has 0 saturated carbocycles. The molecule has 0 aromatic heterocycles. The number of quaternary nitrogens is 1. The van der Waals surface area contributed by atoms with Gasteiger partial charge >= 0.3 is 0 Å². The van der Waals surface area contributed by atoms with Gasteiger partial charge in [-0.05, 0) is 103 Å². The minimum Gasteiger partial charge on any atom is -0.756 e. The molecule has 1 amide bonds. The normalized spacial score (nSPS) is 15.4. The fraction of sp³-hybridized carbons (Fsp3) is 0.615. The van der Waals surface area contributed by atoms with E-state index < -0.39 is 32.7 Å². The van der Waals surface area contributed by atoms with Gasteiger partial charge in [0.25, 0.3) is 7.82 Å². The Morgan fingerprint density at radius 1 is 0.493 bits per heavy atom. The molecule has 0 saturated heterocycles. The number of hydrogen-bond donors (Lipinski definition) is 3. The van der Waals surface area contributed by atoms with Gasteiger partial charge in [0.05, 0.1) is 39.9 Å². The zero-order chi connectivity index (χ0) is 55.0. The molecule has 426 valence electrons. The zero-order valence-electron chi connectivity index (χ0n) is 48.0. The number of aliphatic hydroxyl groups excluding tert-OH is 2. The first kappa shape index (κ1) is 71.3. The number of nitrogens with one attached hydrogen (secondary N) is 1. The third-order valence-corrected chi connectivity index (χ3v) is 13.1. The Balaban J connectivity index is 4.30. The van der Waals surface area contributed by atoms with Crippen molar-refractivity contribution in [2.45, 2.75) is 218 Å². The highest BCUT2D eigenvalue weighted by Gasteiger charge is 2.29. The molecule has 0 radical (unpaired) electrons. The van der Waals surface area contributed by atoms with Crippen LogP contribution in [0.25, 0.3) is 0 Å². The van der Waals surface area contributed by atoms with Crippen molar-refractivity contribution in [1.82, 2.24) is 5.32 Å². The van der Waals surface area contributed by atoms with E-state index in [1.807, 2.05) is 21.1 Å². The number of nitrogens with zero attached hydrogens (tertiary/aromatic N) is 1. The molecule has 0 aromatic rings. The monoisotopic (exact) mass is 1060 g/mol. The molecule has 0 bridgehead atoms. The van der Waals surface area contributed by atoms with E-state index in [4.69, 9.17) is 9.05 Å². The van der Waals surface area contributed by atoms with Gasteiger partial charge in [-0.15, -0.1) is 0 Å². The highest BCUT2D eigenvalue weighted by molar-refractivity contribution is 7.45. The first-order chi connectivity index (χ1) is 36.4. The number of amides is 1. The van der Waals surface area contributed by atoms with Crippen molar-refractivity contribution in [2.75, 3.05) is 40.9 Å². The van der Waals surface area contributed by atoms with E-state index in [0.717, 1.165) is 116 Å². The number of phosphoric acid groups is 1. The third-order valence-electron chi connectivity index (χ3n) is 12.2. The van der Waals surface area contributed by atoms with E-state index in [1.165, 1.54) is 51.4 Å². The maximum absolute atomic E-state index is 13.0. The van der Waals surface area contributed by atoms with Crippen molar-refractivity contribution in [2.24, 2.45) is 0 Å². The predicted octanol–water partition coefficient (Wildman–Crippen LogP) is 16.4. The molecule has 0 aliphatic rings. The molecule has 0 spiro atoms. The minimum atomic E-state index is -4.69. The second-order valence-corrected chi connectivity index (χ2v) is 21.8. The Kier molecular flexibility index (Phi) is 51.1. The number of carbonyl (C=O) groups excluding carboxylic acids is 1. The van der Waals surface area contributed by atoms with Crippen LogP contribution < -0.4 is 10.2 Å². The van der Waals surface area contributed by atoms with Gasteiger partial charge in [0, 0.05) is 6.42 Å². The van der Waals surface area contributed by atoms with Crippen LogP contribution in [0.5, 0.6) is 0 Å². The molecule has 0 rings (SSSR count). The highest BCUT2D eigenvalue weighted by Crippen LogP contribution is 2.38. The van der Waals surface area contributed by atoms with Gasteiger partial charge in [-0.3, -0.25) is 9.36 Å². The lowest BCUT2D eigenvalue weighted by Gasteiger charge is -2.31. The summed E-state index contributed by atoms with van der Waals surface area (Å²) in [5.74, 6) is -0.327. The molecule has 0 aliphatic heterocycles. The van der Waals surface area contributed by atoms with Crippen molar-refractivity contribution in [1.29, 1.82) is 0 Å². The van der Waals surface area contributed by atoms with E-state index in [9.17, 15) is 24.5 Å². The number of rotatable bonds is 51. The predicted molar refractivity (Wildman–Crippen MR) is 321 cm³/mol. The number of allylic oxidation sites excluding steroid dienone is 24. The van der Waals surface area contributed by atoms with Crippen molar-refractivity contribution >= 4 is 13.7 Å². The van der Waals surface area contributed by atoms with Crippen LogP contribution in [0.3, 0.4) is 0 Å². The van der Waals surface area contributed by atoms with Gasteiger partial charge in [0.2, 0.25) is 5.91 Å². The second kappa shape index (κ2) is 53.7. The first-order valence-electron chi connectivity index (χ1n) is 29.3. The van der Waals surface area contributed by atoms with Crippen LogP contribution in [0.1, 0.15) is 200 Å². The summed E-state index contributed by atoms with van der Waals surface area (Å²) in [7, 11) is 1.07. The molecule has 9 nitrogen and oxygen atoms in total. The molecular formula is C65H109N2O7P. The van der Waals surface area contributed by atoms with Crippen molar-refractivity contribution in [3.8, 4) is 0 Å². The molecule has 0 aromatic carbocycles. The van der Waals surface area contributed by atoms with Crippen LogP contribution in [-0.4, -0.2) is 79.8 Å². The smallest absolute Gasteiger partial charge is 0.268 e. The summed E-state index contributed by atoms with van der Waals surface area (Å²) in [6.45, 7) is 4.26. The van der Waals surface area contributed by atoms with Gasteiger partial charge in [-0.25, -0.2) is 0 Å². The average molecular weight is 1060 g/mol. The first-order valence-corrected chi connectivity index (χ1v) is 30.7. The molecule has 0 heterocycles. The standard InChI is InChI=1S/C65H109N2O7P/c1-6-8-10-12-14-16-18-20-21-22-23-24-25-26-27-28-29-30-31-32-33-34-35-36-37-38-39-40-41-42-43-44-45-46-48-50-52-54-56-58-64(69)66-62(61-74-75(71,72)73-60-59-67(3,4)5)65(70)63(68)57-55-53-51-49-47-19-17-15-13-11-9-7-2/h8,10,14,16,20-21,23-24,26-27,29-30,32-33,35-36,38-39,41-42,44-45,48,50,62-63,65,68,70H,6-7,9,11-13,15,17-19,22,25,28,31,34,37,40,43,46-47,49,51-61H2,1-5H3,(H-,66,69,71,72)/b10-8-,16-14-,21-20-,24-23-,27-26-,30-29-,33-32-,36-35-,39-38-,42-41-,45-44-,50-48-. The molecule has 0 fully saturated rings. The van der Waals surface area contributed by atoms with Gasteiger partial charge in [0.15, 0.2) is 0 Å². The zero-order valence-corrected chi connectivity index (χ0v) is 48.9. The van der Waals surface area contributed by atoms with Gasteiger partial charge in [-0.2, -0.15) is 0 Å². The molecule has 4 unspecified atom stereocenters. The Morgan fingerprint density at radius 2 is 0.840 bits per heavy atom. The fourth-order valence-corrected chi connectivity index (χ4v) is 8.31. The van der Waals surface area contributed by atoms with Crippen molar-refractivity contribution in [3.05, 3.63) is 146 Å². The Hall–Kier alpha value is -3.66. The maximum atomic E-state index is 13.0. The van der Waals surface area contributed by atoms with E-state index in [2.05, 4.69) is 165 Å². The molecule has 3 N–H and O–H groups in total. The number of likely N-dealkylation sites (N-methyl/N-ethyl adjacent to an activating group) is 1. The minimum absolute atomic E-state index is 0.0572. The second-order valence-electron chi connectivity index (χ2n) is 20.4. The van der Waals surface area contributed by atoms with E-state index in [1.54, 1.807) is 0 Å². The summed E-state index contributed by atoms with van der Waals surface area (Å²) in [5, 5.41) is 24.7. The summed E-state index contributed by atoms with van der Waals surface area (Å²) in [5.41, 5.74) is 0. The van der Waals surface area contributed by atoms with E-state index in [-0.39, 0.29) is 18.9 Å². The summed E-state index contributed by atoms with van der Waals surface area (Å²) in [6, 6.07) is -1.11. The molecule has 75 heavy (non-hydrogen) atoms. The quantitative estimate of drug-likeness (QED) is 0.0240. The molecular weight excluding hydrogens is 952 g/mol. The number of aliphatic hydroxyl groups is 2. The van der Waals surface area contributed by atoms with Crippen LogP contribution in [0, 0.1) is 0 Å². The topological polar surface area (TPSA) is 128 Å². The van der Waals surface area contributed by atoms with Crippen LogP contribution in [-0.2, 0) is 18.4 Å². The van der Waals surface area contributed by atoms with E-state index >= 15 is 0 Å². The molecule has 10 heteroatoms. The number of unbranched alkanes of at least 4 members (excludes halogenated alkanes) is 13. The highest BCUT2D eigenvalue weighted by atomic mass is 31.2. The molecule has 0 aliphatic carbocycles.